The van der Waals surface area contributed by atoms with E-state index in [9.17, 15) is 9.90 Å². The number of aromatic nitrogens is 1. The van der Waals surface area contributed by atoms with Gasteiger partial charge in [-0.15, -0.1) is 0 Å². The number of aliphatic carboxylic acids is 1. The molecule has 0 fully saturated rings. The average Bonchev–Trinajstić information content (AvgIpc) is 2.39. The van der Waals surface area contributed by atoms with Gasteiger partial charge >= 0.3 is 5.97 Å². The molecule has 17 heavy (non-hydrogen) atoms. The molecule has 4 nitrogen and oxygen atoms in total. The van der Waals surface area contributed by atoms with Gasteiger partial charge in [-0.05, 0) is 12.1 Å². The molecule has 2 N–H and O–H groups in total. The molecule has 1 atom stereocenters. The summed E-state index contributed by atoms with van der Waals surface area (Å²) in [5.74, 6) is -1.27. The van der Waals surface area contributed by atoms with Gasteiger partial charge in [0.25, 0.3) is 0 Å². The van der Waals surface area contributed by atoms with Crippen LogP contribution in [-0.2, 0) is 4.79 Å². The molecule has 0 bridgehead atoms. The maximum Gasteiger partial charge on any atom is 0.337 e. The van der Waals surface area contributed by atoms with Crippen LogP contribution in [0.1, 0.15) is 11.7 Å². The van der Waals surface area contributed by atoms with Crippen molar-refractivity contribution in [1.82, 2.24) is 4.98 Å². The lowest BCUT2D eigenvalue weighted by Crippen LogP contribution is -2.11. The number of carboxylic acids is 1. The van der Waals surface area contributed by atoms with Crippen LogP contribution in [-0.4, -0.2) is 21.2 Å². The van der Waals surface area contributed by atoms with Crippen molar-refractivity contribution in [3.05, 3.63) is 54.2 Å². The van der Waals surface area contributed by atoms with E-state index in [1.807, 2.05) is 6.07 Å². The second-order valence-corrected chi connectivity index (χ2v) is 3.54. The molecule has 0 aliphatic heterocycles. The summed E-state index contributed by atoms with van der Waals surface area (Å²) in [6, 6.07) is 12.2. The van der Waals surface area contributed by atoms with Gasteiger partial charge < -0.3 is 10.2 Å². The molecule has 2 rings (SSSR count). The van der Waals surface area contributed by atoms with Crippen molar-refractivity contribution < 1.29 is 15.0 Å². The fourth-order valence-electron chi connectivity index (χ4n) is 1.62. The SMILES string of the molecule is O=C(O)C(O)c1ccccc1-c1ccccn1. The molecule has 0 saturated heterocycles. The van der Waals surface area contributed by atoms with Crippen LogP contribution < -0.4 is 0 Å². The largest absolute Gasteiger partial charge is 0.479 e. The molecule has 1 unspecified atom stereocenters. The highest BCUT2D eigenvalue weighted by atomic mass is 16.4. The number of hydrogen-bond donors (Lipinski definition) is 2. The number of carbonyl (C=O) groups is 1. The van der Waals surface area contributed by atoms with Gasteiger partial charge in [0, 0.05) is 17.3 Å². The highest BCUT2D eigenvalue weighted by molar-refractivity contribution is 5.78. The molecule has 2 aromatic rings. The summed E-state index contributed by atoms with van der Waals surface area (Å²) in [6.07, 6.45) is 0.0902. The molecule has 0 saturated carbocycles. The summed E-state index contributed by atoms with van der Waals surface area (Å²) in [5, 5.41) is 18.4. The zero-order chi connectivity index (χ0) is 12.3. The lowest BCUT2D eigenvalue weighted by Gasteiger charge is -2.11. The standard InChI is InChI=1S/C13H11NO3/c15-12(13(16)17)10-6-2-1-5-9(10)11-7-3-4-8-14-11/h1-8,12,15H,(H,16,17). The highest BCUT2D eigenvalue weighted by Gasteiger charge is 2.19. The third kappa shape index (κ3) is 2.32. The first kappa shape index (κ1) is 11.3. The molecule has 1 heterocycles. The summed E-state index contributed by atoms with van der Waals surface area (Å²) < 4.78 is 0. The third-order valence-electron chi connectivity index (χ3n) is 2.43. The summed E-state index contributed by atoms with van der Waals surface area (Å²) in [5.41, 5.74) is 1.62. The van der Waals surface area contributed by atoms with E-state index in [-0.39, 0.29) is 0 Å². The van der Waals surface area contributed by atoms with E-state index in [0.29, 0.717) is 16.8 Å². The van der Waals surface area contributed by atoms with Gasteiger partial charge in [0.15, 0.2) is 6.10 Å². The molecule has 0 aliphatic rings. The van der Waals surface area contributed by atoms with E-state index in [4.69, 9.17) is 5.11 Å². The maximum atomic E-state index is 10.8. The Kier molecular flexibility index (Phi) is 3.16. The lowest BCUT2D eigenvalue weighted by atomic mass is 9.99. The van der Waals surface area contributed by atoms with Gasteiger partial charge in [0.05, 0.1) is 5.69 Å². The Morgan fingerprint density at radius 3 is 2.47 bits per heavy atom. The minimum atomic E-state index is -1.53. The van der Waals surface area contributed by atoms with Gasteiger partial charge in [-0.1, -0.05) is 30.3 Å². The molecule has 0 amide bonds. The Bertz CT molecular complexity index is 525. The smallest absolute Gasteiger partial charge is 0.337 e. The van der Waals surface area contributed by atoms with Crippen molar-refractivity contribution in [3.8, 4) is 11.3 Å². The number of hydrogen-bond acceptors (Lipinski definition) is 3. The van der Waals surface area contributed by atoms with Crippen LogP contribution in [0.4, 0.5) is 0 Å². The highest BCUT2D eigenvalue weighted by Crippen LogP contribution is 2.26. The third-order valence-corrected chi connectivity index (χ3v) is 2.43. The quantitative estimate of drug-likeness (QED) is 0.842. The van der Waals surface area contributed by atoms with Crippen LogP contribution in [0, 0.1) is 0 Å². The number of aliphatic hydroxyl groups is 1. The Labute approximate surface area is 98.2 Å². The van der Waals surface area contributed by atoms with Crippen molar-refractivity contribution in [3.63, 3.8) is 0 Å². The summed E-state index contributed by atoms with van der Waals surface area (Å²) in [7, 11) is 0. The van der Waals surface area contributed by atoms with Crippen molar-refractivity contribution >= 4 is 5.97 Å². The van der Waals surface area contributed by atoms with Crippen LogP contribution in [0.15, 0.2) is 48.7 Å². The number of rotatable bonds is 3. The predicted molar refractivity (Wildman–Crippen MR) is 62.3 cm³/mol. The molecule has 0 aliphatic carbocycles. The summed E-state index contributed by atoms with van der Waals surface area (Å²) >= 11 is 0. The first-order valence-corrected chi connectivity index (χ1v) is 5.11. The van der Waals surface area contributed by atoms with E-state index in [2.05, 4.69) is 4.98 Å². The molecule has 1 aromatic heterocycles. The van der Waals surface area contributed by atoms with E-state index < -0.39 is 12.1 Å². The van der Waals surface area contributed by atoms with Gasteiger partial charge in [-0.2, -0.15) is 0 Å². The van der Waals surface area contributed by atoms with Crippen LogP contribution >= 0.6 is 0 Å². The van der Waals surface area contributed by atoms with E-state index in [1.165, 1.54) is 0 Å². The van der Waals surface area contributed by atoms with Gasteiger partial charge in [-0.25, -0.2) is 4.79 Å². The first-order valence-electron chi connectivity index (χ1n) is 5.11. The Morgan fingerprint density at radius 2 is 1.82 bits per heavy atom. The molecular formula is C13H11NO3. The number of benzene rings is 1. The normalized spacial score (nSPS) is 12.1. The topological polar surface area (TPSA) is 70.4 Å². The van der Waals surface area contributed by atoms with Crippen LogP contribution in [0.3, 0.4) is 0 Å². The molecule has 86 valence electrons. The predicted octanol–water partition coefficient (Wildman–Crippen LogP) is 1.87. The van der Waals surface area contributed by atoms with Gasteiger partial charge in [-0.3, -0.25) is 4.98 Å². The van der Waals surface area contributed by atoms with E-state index >= 15 is 0 Å². The van der Waals surface area contributed by atoms with E-state index in [1.54, 1.807) is 42.6 Å². The fourth-order valence-corrected chi connectivity index (χ4v) is 1.62. The minimum absolute atomic E-state index is 0.346. The average molecular weight is 229 g/mol. The second-order valence-electron chi connectivity index (χ2n) is 3.54. The number of carboxylic acid groups (broad SMARTS) is 1. The first-order chi connectivity index (χ1) is 8.20. The van der Waals surface area contributed by atoms with Crippen LogP contribution in [0.2, 0.25) is 0 Å². The number of aliphatic hydroxyl groups excluding tert-OH is 1. The summed E-state index contributed by atoms with van der Waals surface area (Å²) in [6.45, 7) is 0. The molecule has 0 radical (unpaired) electrons. The second kappa shape index (κ2) is 4.76. The minimum Gasteiger partial charge on any atom is -0.479 e. The van der Waals surface area contributed by atoms with Gasteiger partial charge in [0.1, 0.15) is 0 Å². The zero-order valence-electron chi connectivity index (χ0n) is 8.95. The molecular weight excluding hydrogens is 218 g/mol. The Hall–Kier alpha value is -2.20. The van der Waals surface area contributed by atoms with Crippen molar-refractivity contribution in [2.75, 3.05) is 0 Å². The van der Waals surface area contributed by atoms with Crippen molar-refractivity contribution in [1.29, 1.82) is 0 Å². The zero-order valence-corrected chi connectivity index (χ0v) is 8.95. The monoisotopic (exact) mass is 229 g/mol. The number of nitrogens with zero attached hydrogens (tertiary/aromatic N) is 1. The van der Waals surface area contributed by atoms with Crippen LogP contribution in [0.25, 0.3) is 11.3 Å². The Balaban J connectivity index is 2.52. The molecule has 0 spiro atoms. The molecule has 4 heteroatoms. The fraction of sp³-hybridized carbons (Fsp3) is 0.0769. The Morgan fingerprint density at radius 1 is 1.12 bits per heavy atom. The lowest BCUT2D eigenvalue weighted by molar-refractivity contribution is -0.146. The van der Waals surface area contributed by atoms with Crippen LogP contribution in [0.5, 0.6) is 0 Å². The number of pyridine rings is 1. The maximum absolute atomic E-state index is 10.8. The van der Waals surface area contributed by atoms with Crippen molar-refractivity contribution in [2.24, 2.45) is 0 Å². The van der Waals surface area contributed by atoms with E-state index in [0.717, 1.165) is 0 Å². The molecule has 1 aromatic carbocycles. The van der Waals surface area contributed by atoms with Crippen molar-refractivity contribution in [2.45, 2.75) is 6.10 Å². The van der Waals surface area contributed by atoms with Gasteiger partial charge in [0.2, 0.25) is 0 Å². The summed E-state index contributed by atoms with van der Waals surface area (Å²) in [4.78, 5) is 15.0.